The molecule has 2 unspecified atom stereocenters. The van der Waals surface area contributed by atoms with Crippen molar-refractivity contribution in [1.82, 2.24) is 0 Å². The summed E-state index contributed by atoms with van der Waals surface area (Å²) in [6.07, 6.45) is -0.276. The second-order valence-corrected chi connectivity index (χ2v) is 5.41. The van der Waals surface area contributed by atoms with E-state index in [2.05, 4.69) is 0 Å². The summed E-state index contributed by atoms with van der Waals surface area (Å²) >= 11 is 5.97. The smallest absolute Gasteiger partial charge is 0.288 e. The van der Waals surface area contributed by atoms with Crippen LogP contribution in [0.2, 0.25) is 5.02 Å². The van der Waals surface area contributed by atoms with E-state index in [1.54, 1.807) is 6.07 Å². The van der Waals surface area contributed by atoms with Crippen LogP contribution in [-0.2, 0) is 4.74 Å². The molecule has 0 radical (unpaired) electrons. The van der Waals surface area contributed by atoms with Gasteiger partial charge in [-0.2, -0.15) is 0 Å². The molecule has 0 amide bonds. The number of morpholine rings is 1. The summed E-state index contributed by atoms with van der Waals surface area (Å²) in [5.74, 6) is 0. The van der Waals surface area contributed by atoms with Crippen molar-refractivity contribution in [1.29, 1.82) is 0 Å². The molecular weight excluding hydrogens is 284 g/mol. The number of hydrogen-bond donors (Lipinski definition) is 1. The van der Waals surface area contributed by atoms with E-state index in [0.29, 0.717) is 13.1 Å². The van der Waals surface area contributed by atoms with Gasteiger partial charge in [-0.25, -0.2) is 0 Å². The number of ether oxygens (including phenoxy) is 1. The molecule has 0 bridgehead atoms. The molecule has 0 spiro atoms. The third-order valence-corrected chi connectivity index (χ3v) is 3.64. The molecule has 1 fully saturated rings. The highest BCUT2D eigenvalue weighted by molar-refractivity contribution is 6.33. The highest BCUT2D eigenvalue weighted by Gasteiger charge is 2.27. The maximum absolute atomic E-state index is 10.9. The molecule has 1 aromatic rings. The number of nitrogens with zero attached hydrogens (tertiary/aromatic N) is 2. The molecule has 2 atom stereocenters. The van der Waals surface area contributed by atoms with Crippen molar-refractivity contribution in [2.24, 2.45) is 0 Å². The summed E-state index contributed by atoms with van der Waals surface area (Å²) < 4.78 is 5.59. The minimum Gasteiger partial charge on any atom is -0.394 e. The Morgan fingerprint density at radius 3 is 2.85 bits per heavy atom. The van der Waals surface area contributed by atoms with Crippen molar-refractivity contribution >= 4 is 23.0 Å². The average Bonchev–Trinajstić information content (AvgIpc) is 2.39. The molecule has 1 N–H and O–H groups in total. The number of aliphatic hydroxyl groups excluding tert-OH is 1. The fraction of sp³-hybridized carbons (Fsp3) is 0.538. The van der Waals surface area contributed by atoms with Crippen molar-refractivity contribution in [2.45, 2.75) is 26.1 Å². The van der Waals surface area contributed by atoms with Crippen LogP contribution in [0.15, 0.2) is 12.1 Å². The molecule has 0 saturated carbocycles. The van der Waals surface area contributed by atoms with Gasteiger partial charge >= 0.3 is 0 Å². The van der Waals surface area contributed by atoms with Gasteiger partial charge in [0.25, 0.3) is 5.69 Å². The highest BCUT2D eigenvalue weighted by atomic mass is 35.5. The van der Waals surface area contributed by atoms with Gasteiger partial charge in [-0.05, 0) is 25.5 Å². The van der Waals surface area contributed by atoms with Crippen molar-refractivity contribution < 1.29 is 14.8 Å². The largest absolute Gasteiger partial charge is 0.394 e. The third kappa shape index (κ3) is 3.03. The predicted molar refractivity (Wildman–Crippen MR) is 76.5 cm³/mol. The van der Waals surface area contributed by atoms with Gasteiger partial charge in [-0.1, -0.05) is 11.6 Å². The fourth-order valence-corrected chi connectivity index (χ4v) is 2.71. The molecule has 1 aliphatic heterocycles. The van der Waals surface area contributed by atoms with Gasteiger partial charge in [0.2, 0.25) is 0 Å². The molecule has 2 rings (SSSR count). The molecule has 0 aliphatic carbocycles. The van der Waals surface area contributed by atoms with E-state index in [-0.39, 0.29) is 29.5 Å². The number of benzene rings is 1. The van der Waals surface area contributed by atoms with E-state index >= 15 is 0 Å². The Kier molecular flexibility index (Phi) is 4.47. The molecule has 1 aliphatic rings. The van der Waals surface area contributed by atoms with Crippen molar-refractivity contribution in [3.05, 3.63) is 32.8 Å². The van der Waals surface area contributed by atoms with E-state index in [9.17, 15) is 15.2 Å². The van der Waals surface area contributed by atoms with Crippen LogP contribution in [0.1, 0.15) is 12.5 Å². The summed E-state index contributed by atoms with van der Waals surface area (Å²) in [5, 5.41) is 20.2. The number of nitro groups is 1. The molecular formula is C13H17ClN2O4. The molecule has 1 aromatic carbocycles. The first-order valence-electron chi connectivity index (χ1n) is 6.38. The van der Waals surface area contributed by atoms with Crippen LogP contribution >= 0.6 is 11.6 Å². The minimum absolute atomic E-state index is 0.0192. The van der Waals surface area contributed by atoms with E-state index in [0.717, 1.165) is 11.3 Å². The molecule has 6 nitrogen and oxygen atoms in total. The number of aliphatic hydroxyl groups is 1. The number of nitro benzene ring substituents is 1. The summed E-state index contributed by atoms with van der Waals surface area (Å²) in [5.41, 5.74) is 1.54. The summed E-state index contributed by atoms with van der Waals surface area (Å²) in [6.45, 7) is 4.88. The second-order valence-electron chi connectivity index (χ2n) is 5.00. The Bertz CT molecular complexity index is 523. The molecule has 1 heterocycles. The SMILES string of the molecule is Cc1cc([N+](=O)[O-])c(Cl)cc1N1CC(C)OC(CO)C1. The lowest BCUT2D eigenvalue weighted by Crippen LogP contribution is -2.48. The maximum Gasteiger partial charge on any atom is 0.288 e. The predicted octanol–water partition coefficient (Wildman–Crippen LogP) is 2.14. The highest BCUT2D eigenvalue weighted by Crippen LogP contribution is 2.33. The van der Waals surface area contributed by atoms with E-state index < -0.39 is 4.92 Å². The van der Waals surface area contributed by atoms with E-state index in [1.165, 1.54) is 6.07 Å². The Morgan fingerprint density at radius 1 is 1.55 bits per heavy atom. The Hall–Kier alpha value is -1.37. The lowest BCUT2D eigenvalue weighted by molar-refractivity contribution is -0.384. The van der Waals surface area contributed by atoms with Crippen LogP contribution in [0.4, 0.5) is 11.4 Å². The van der Waals surface area contributed by atoms with Gasteiger partial charge in [0.05, 0.1) is 23.7 Å². The molecule has 7 heteroatoms. The number of halogens is 1. The summed E-state index contributed by atoms with van der Waals surface area (Å²) in [4.78, 5) is 12.4. The van der Waals surface area contributed by atoms with Gasteiger partial charge in [0.15, 0.2) is 0 Å². The maximum atomic E-state index is 10.9. The van der Waals surface area contributed by atoms with E-state index in [1.807, 2.05) is 18.7 Å². The second kappa shape index (κ2) is 5.95. The van der Waals surface area contributed by atoms with E-state index in [4.69, 9.17) is 16.3 Å². The Labute approximate surface area is 122 Å². The van der Waals surface area contributed by atoms with Gasteiger partial charge in [0, 0.05) is 24.8 Å². The van der Waals surface area contributed by atoms with Crippen LogP contribution in [0.3, 0.4) is 0 Å². The first kappa shape index (κ1) is 15.0. The Balaban J connectivity index is 2.32. The normalized spacial score (nSPS) is 22.9. The number of rotatable bonds is 3. The van der Waals surface area contributed by atoms with Crippen LogP contribution < -0.4 is 4.90 Å². The minimum atomic E-state index is -0.489. The zero-order valence-corrected chi connectivity index (χ0v) is 12.1. The topological polar surface area (TPSA) is 75.8 Å². The average molecular weight is 301 g/mol. The molecule has 1 saturated heterocycles. The molecule has 0 aromatic heterocycles. The quantitative estimate of drug-likeness (QED) is 0.684. The summed E-state index contributed by atoms with van der Waals surface area (Å²) in [6, 6.07) is 3.09. The zero-order chi connectivity index (χ0) is 14.9. The molecule has 20 heavy (non-hydrogen) atoms. The number of anilines is 1. The van der Waals surface area contributed by atoms with Crippen LogP contribution in [-0.4, -0.2) is 41.9 Å². The van der Waals surface area contributed by atoms with Crippen LogP contribution in [0.25, 0.3) is 0 Å². The van der Waals surface area contributed by atoms with Crippen LogP contribution in [0.5, 0.6) is 0 Å². The van der Waals surface area contributed by atoms with Gasteiger partial charge in [0.1, 0.15) is 5.02 Å². The fourth-order valence-electron chi connectivity index (χ4n) is 2.48. The number of hydrogen-bond acceptors (Lipinski definition) is 5. The monoisotopic (exact) mass is 300 g/mol. The first-order valence-corrected chi connectivity index (χ1v) is 6.76. The van der Waals surface area contributed by atoms with Gasteiger partial charge in [-0.3, -0.25) is 10.1 Å². The van der Waals surface area contributed by atoms with Crippen molar-refractivity contribution in [2.75, 3.05) is 24.6 Å². The van der Waals surface area contributed by atoms with Crippen molar-refractivity contribution in [3.63, 3.8) is 0 Å². The molecule has 110 valence electrons. The van der Waals surface area contributed by atoms with Crippen LogP contribution in [0, 0.1) is 17.0 Å². The first-order chi connectivity index (χ1) is 9.42. The standard InChI is InChI=1S/C13H17ClN2O4/c1-8-3-13(16(18)19)11(14)4-12(8)15-5-9(2)20-10(6-15)7-17/h3-4,9-10,17H,5-7H2,1-2H3. The summed E-state index contributed by atoms with van der Waals surface area (Å²) in [7, 11) is 0. The Morgan fingerprint density at radius 2 is 2.25 bits per heavy atom. The third-order valence-electron chi connectivity index (χ3n) is 3.33. The zero-order valence-electron chi connectivity index (χ0n) is 11.4. The number of aryl methyl sites for hydroxylation is 1. The lowest BCUT2D eigenvalue weighted by atomic mass is 10.1. The van der Waals surface area contributed by atoms with Crippen molar-refractivity contribution in [3.8, 4) is 0 Å². The van der Waals surface area contributed by atoms with Gasteiger partial charge in [-0.15, -0.1) is 0 Å². The van der Waals surface area contributed by atoms with Gasteiger partial charge < -0.3 is 14.7 Å². The lowest BCUT2D eigenvalue weighted by Gasteiger charge is -2.38.